The van der Waals surface area contributed by atoms with Crippen molar-refractivity contribution in [1.29, 1.82) is 0 Å². The molecule has 0 atom stereocenters. The highest BCUT2D eigenvalue weighted by Crippen LogP contribution is 2.32. The van der Waals surface area contributed by atoms with Crippen LogP contribution in [0.25, 0.3) is 11.1 Å². The van der Waals surface area contributed by atoms with Crippen molar-refractivity contribution >= 4 is 28.9 Å². The van der Waals surface area contributed by atoms with E-state index in [1.165, 1.54) is 0 Å². The number of nitrogens with two attached hydrogens (primary N) is 1. The van der Waals surface area contributed by atoms with Crippen LogP contribution in [0, 0.1) is 0 Å². The molecule has 1 nitrogen and oxygen atoms in total. The highest BCUT2D eigenvalue weighted by atomic mass is 35.5. The highest BCUT2D eigenvalue weighted by molar-refractivity contribution is 6.35. The van der Waals surface area contributed by atoms with E-state index < -0.39 is 0 Å². The van der Waals surface area contributed by atoms with Crippen LogP contribution in [-0.2, 0) is 6.42 Å². The second-order valence-corrected chi connectivity index (χ2v) is 4.73. The average Bonchev–Trinajstić information content (AvgIpc) is 2.33. The van der Waals surface area contributed by atoms with Gasteiger partial charge in [-0.2, -0.15) is 0 Å². The van der Waals surface area contributed by atoms with Gasteiger partial charge in [-0.3, -0.25) is 0 Å². The van der Waals surface area contributed by atoms with Crippen LogP contribution in [0.3, 0.4) is 0 Å². The molecule has 2 N–H and O–H groups in total. The van der Waals surface area contributed by atoms with Crippen LogP contribution in [-0.4, -0.2) is 0 Å². The third-order valence-electron chi connectivity index (χ3n) is 2.76. The van der Waals surface area contributed by atoms with E-state index in [1.807, 2.05) is 18.2 Å². The molecular formula is C14H13Cl2N. The van der Waals surface area contributed by atoms with Crippen LogP contribution in [0.4, 0.5) is 5.69 Å². The van der Waals surface area contributed by atoms with E-state index in [2.05, 4.69) is 13.0 Å². The van der Waals surface area contributed by atoms with Crippen molar-refractivity contribution < 1.29 is 0 Å². The second kappa shape index (κ2) is 4.99. The van der Waals surface area contributed by atoms with Crippen molar-refractivity contribution in [1.82, 2.24) is 0 Å². The minimum absolute atomic E-state index is 0.680. The average molecular weight is 266 g/mol. The van der Waals surface area contributed by atoms with Gasteiger partial charge in [-0.15, -0.1) is 0 Å². The maximum atomic E-state index is 6.18. The minimum atomic E-state index is 0.680. The second-order valence-electron chi connectivity index (χ2n) is 3.89. The largest absolute Gasteiger partial charge is 0.399 e. The van der Waals surface area contributed by atoms with Gasteiger partial charge in [0.1, 0.15) is 0 Å². The van der Waals surface area contributed by atoms with Gasteiger partial charge in [0, 0.05) is 21.3 Å². The Hall–Kier alpha value is -1.18. The molecule has 3 heteroatoms. The summed E-state index contributed by atoms with van der Waals surface area (Å²) in [4.78, 5) is 0. The molecule has 17 heavy (non-hydrogen) atoms. The molecule has 0 saturated carbocycles. The first-order valence-electron chi connectivity index (χ1n) is 5.45. The van der Waals surface area contributed by atoms with Gasteiger partial charge in [0.15, 0.2) is 0 Å². The Morgan fingerprint density at radius 2 is 1.82 bits per heavy atom. The SMILES string of the molecule is CCc1cc(-c2cc(Cl)ccc2Cl)ccc1N. The summed E-state index contributed by atoms with van der Waals surface area (Å²) in [5, 5.41) is 1.38. The standard InChI is InChI=1S/C14H13Cl2N/c1-2-9-7-10(3-6-14(9)17)12-8-11(15)4-5-13(12)16/h3-8H,2,17H2,1H3. The van der Waals surface area contributed by atoms with E-state index in [-0.39, 0.29) is 0 Å². The summed E-state index contributed by atoms with van der Waals surface area (Å²) in [6, 6.07) is 11.4. The molecule has 0 bridgehead atoms. The third-order valence-corrected chi connectivity index (χ3v) is 3.33. The predicted octanol–water partition coefficient (Wildman–Crippen LogP) is 4.81. The summed E-state index contributed by atoms with van der Waals surface area (Å²) in [5.74, 6) is 0. The molecule has 2 aromatic rings. The van der Waals surface area contributed by atoms with Gasteiger partial charge in [0.05, 0.1) is 0 Å². The lowest BCUT2D eigenvalue weighted by Gasteiger charge is -2.09. The number of rotatable bonds is 2. The van der Waals surface area contributed by atoms with Crippen LogP contribution in [0.1, 0.15) is 12.5 Å². The number of hydrogen-bond donors (Lipinski definition) is 1. The van der Waals surface area contributed by atoms with Crippen LogP contribution < -0.4 is 5.73 Å². The summed E-state index contributed by atoms with van der Waals surface area (Å²) in [6.45, 7) is 2.08. The minimum Gasteiger partial charge on any atom is -0.399 e. The van der Waals surface area contributed by atoms with Gasteiger partial charge in [-0.1, -0.05) is 36.2 Å². The monoisotopic (exact) mass is 265 g/mol. The maximum absolute atomic E-state index is 6.18. The molecule has 0 spiro atoms. The summed E-state index contributed by atoms with van der Waals surface area (Å²) in [6.07, 6.45) is 0.901. The Labute approximate surface area is 111 Å². The van der Waals surface area contributed by atoms with Gasteiger partial charge in [-0.05, 0) is 47.9 Å². The van der Waals surface area contributed by atoms with Crippen LogP contribution in [0.2, 0.25) is 10.0 Å². The van der Waals surface area contributed by atoms with Crippen molar-refractivity contribution in [3.05, 3.63) is 52.0 Å². The van der Waals surface area contributed by atoms with Gasteiger partial charge in [-0.25, -0.2) is 0 Å². The summed E-state index contributed by atoms with van der Waals surface area (Å²) in [5.41, 5.74) is 9.81. The van der Waals surface area contributed by atoms with E-state index in [0.717, 1.165) is 28.8 Å². The quantitative estimate of drug-likeness (QED) is 0.776. The molecule has 2 aromatic carbocycles. The lowest BCUT2D eigenvalue weighted by molar-refractivity contribution is 1.15. The molecule has 0 saturated heterocycles. The fourth-order valence-corrected chi connectivity index (χ4v) is 2.20. The molecule has 0 aliphatic heterocycles. The first-order chi connectivity index (χ1) is 8.11. The summed E-state index contributed by atoms with van der Waals surface area (Å²) < 4.78 is 0. The Kier molecular flexibility index (Phi) is 3.60. The molecule has 0 amide bonds. The zero-order chi connectivity index (χ0) is 12.4. The van der Waals surface area contributed by atoms with Crippen LogP contribution in [0.5, 0.6) is 0 Å². The van der Waals surface area contributed by atoms with Gasteiger partial charge in [0.2, 0.25) is 0 Å². The van der Waals surface area contributed by atoms with Crippen molar-refractivity contribution in [3.63, 3.8) is 0 Å². The van der Waals surface area contributed by atoms with Crippen molar-refractivity contribution in [2.75, 3.05) is 5.73 Å². The predicted molar refractivity (Wildman–Crippen MR) is 75.7 cm³/mol. The highest BCUT2D eigenvalue weighted by Gasteiger charge is 2.06. The van der Waals surface area contributed by atoms with Gasteiger partial charge in [0.25, 0.3) is 0 Å². The topological polar surface area (TPSA) is 26.0 Å². The lowest BCUT2D eigenvalue weighted by atomic mass is 10.0. The maximum Gasteiger partial charge on any atom is 0.0485 e. The fourth-order valence-electron chi connectivity index (χ4n) is 1.80. The van der Waals surface area contributed by atoms with Crippen molar-refractivity contribution in [2.24, 2.45) is 0 Å². The van der Waals surface area contributed by atoms with E-state index >= 15 is 0 Å². The Balaban J connectivity index is 2.56. The Morgan fingerprint density at radius 3 is 2.53 bits per heavy atom. The fraction of sp³-hybridized carbons (Fsp3) is 0.143. The molecule has 0 unspecified atom stereocenters. The normalized spacial score (nSPS) is 10.5. The number of benzene rings is 2. The van der Waals surface area contributed by atoms with Gasteiger partial charge < -0.3 is 5.73 Å². The molecule has 0 aliphatic rings. The third kappa shape index (κ3) is 2.56. The zero-order valence-corrected chi connectivity index (χ0v) is 11.0. The van der Waals surface area contributed by atoms with Gasteiger partial charge >= 0.3 is 0 Å². The smallest absolute Gasteiger partial charge is 0.0485 e. The summed E-state index contributed by atoms with van der Waals surface area (Å²) in [7, 11) is 0. The number of anilines is 1. The molecule has 0 aromatic heterocycles. The van der Waals surface area contributed by atoms with E-state index in [4.69, 9.17) is 28.9 Å². The lowest BCUT2D eigenvalue weighted by Crippen LogP contribution is -1.93. The molecule has 0 radical (unpaired) electrons. The molecule has 2 rings (SSSR count). The van der Waals surface area contributed by atoms with Crippen LogP contribution in [0.15, 0.2) is 36.4 Å². The summed E-state index contributed by atoms with van der Waals surface area (Å²) >= 11 is 12.2. The number of halogens is 2. The first kappa shape index (κ1) is 12.3. The zero-order valence-electron chi connectivity index (χ0n) is 9.50. The Bertz CT molecular complexity index is 550. The molecule has 0 fully saturated rings. The molecule has 88 valence electrons. The first-order valence-corrected chi connectivity index (χ1v) is 6.21. The molecular weight excluding hydrogens is 253 g/mol. The van der Waals surface area contributed by atoms with E-state index in [9.17, 15) is 0 Å². The van der Waals surface area contributed by atoms with Crippen molar-refractivity contribution in [2.45, 2.75) is 13.3 Å². The number of aryl methyl sites for hydroxylation is 1. The Morgan fingerprint density at radius 1 is 1.06 bits per heavy atom. The molecule has 0 aliphatic carbocycles. The van der Waals surface area contributed by atoms with E-state index in [0.29, 0.717) is 10.0 Å². The number of nitrogen functional groups attached to an aromatic ring is 1. The van der Waals surface area contributed by atoms with E-state index in [1.54, 1.807) is 12.1 Å². The van der Waals surface area contributed by atoms with Crippen LogP contribution >= 0.6 is 23.2 Å². The van der Waals surface area contributed by atoms with Crippen molar-refractivity contribution in [3.8, 4) is 11.1 Å². The molecule has 0 heterocycles. The number of hydrogen-bond acceptors (Lipinski definition) is 1.